The number of halogens is 2. The van der Waals surface area contributed by atoms with Crippen molar-refractivity contribution in [2.75, 3.05) is 13.2 Å². The standard InChI is InChI=1S/C20H22BrClN2O/c1-2-25-15-8-6-13(7-9-15)19-16(5-3-4-10-23)17-11-14(21)12-18(22)20(17)24-19/h6-9,11-12,24H,2-5,10,23H2,1H3. The van der Waals surface area contributed by atoms with Crippen molar-refractivity contribution in [1.29, 1.82) is 0 Å². The highest BCUT2D eigenvalue weighted by Gasteiger charge is 2.15. The van der Waals surface area contributed by atoms with E-state index < -0.39 is 0 Å². The summed E-state index contributed by atoms with van der Waals surface area (Å²) in [6.07, 6.45) is 3.03. The number of hydrogen-bond donors (Lipinski definition) is 2. The van der Waals surface area contributed by atoms with Crippen LogP contribution in [0.5, 0.6) is 5.75 Å². The van der Waals surface area contributed by atoms with Crippen LogP contribution in [0.4, 0.5) is 0 Å². The molecular weight excluding hydrogens is 400 g/mol. The van der Waals surface area contributed by atoms with E-state index in [0.29, 0.717) is 13.2 Å². The number of aromatic amines is 1. The Bertz CT molecular complexity index is 858. The number of nitrogens with two attached hydrogens (primary N) is 1. The summed E-state index contributed by atoms with van der Waals surface area (Å²) >= 11 is 10.0. The van der Waals surface area contributed by atoms with E-state index in [1.54, 1.807) is 0 Å². The third-order valence-electron chi connectivity index (χ3n) is 4.27. The molecule has 0 saturated carbocycles. The smallest absolute Gasteiger partial charge is 0.119 e. The van der Waals surface area contributed by atoms with Gasteiger partial charge < -0.3 is 15.5 Å². The normalized spacial score (nSPS) is 11.2. The molecule has 132 valence electrons. The summed E-state index contributed by atoms with van der Waals surface area (Å²) in [5.41, 5.74) is 10.2. The fourth-order valence-corrected chi connectivity index (χ4v) is 3.97. The molecule has 0 aliphatic carbocycles. The van der Waals surface area contributed by atoms with E-state index in [9.17, 15) is 0 Å². The third-order valence-corrected chi connectivity index (χ3v) is 5.02. The highest BCUT2D eigenvalue weighted by molar-refractivity contribution is 9.10. The van der Waals surface area contributed by atoms with Crippen molar-refractivity contribution < 1.29 is 4.74 Å². The molecule has 1 heterocycles. The van der Waals surface area contributed by atoms with Gasteiger partial charge in [0.25, 0.3) is 0 Å². The minimum atomic E-state index is 0.666. The van der Waals surface area contributed by atoms with Gasteiger partial charge in [-0.05, 0) is 80.3 Å². The molecule has 0 atom stereocenters. The van der Waals surface area contributed by atoms with Gasteiger partial charge in [0.05, 0.1) is 17.1 Å². The number of hydrogen-bond acceptors (Lipinski definition) is 2. The Morgan fingerprint density at radius 1 is 1.16 bits per heavy atom. The summed E-state index contributed by atoms with van der Waals surface area (Å²) in [5, 5.41) is 1.89. The minimum absolute atomic E-state index is 0.666. The van der Waals surface area contributed by atoms with Crippen LogP contribution in [0.25, 0.3) is 22.2 Å². The molecule has 5 heteroatoms. The largest absolute Gasteiger partial charge is 0.494 e. The highest BCUT2D eigenvalue weighted by Crippen LogP contribution is 2.37. The zero-order chi connectivity index (χ0) is 17.8. The first-order chi connectivity index (χ1) is 12.1. The number of nitrogens with one attached hydrogen (secondary N) is 1. The molecule has 3 aromatic rings. The second-order valence-corrected chi connectivity index (χ2v) is 7.31. The molecule has 0 aliphatic rings. The van der Waals surface area contributed by atoms with Gasteiger partial charge in [0, 0.05) is 15.6 Å². The van der Waals surface area contributed by atoms with Crippen LogP contribution in [-0.2, 0) is 6.42 Å². The average Bonchev–Trinajstić information content (AvgIpc) is 2.95. The van der Waals surface area contributed by atoms with Crippen molar-refractivity contribution >= 4 is 38.4 Å². The number of fused-ring (bicyclic) bond motifs is 1. The van der Waals surface area contributed by atoms with Crippen molar-refractivity contribution in [2.24, 2.45) is 5.73 Å². The molecule has 3 rings (SSSR count). The molecule has 0 radical (unpaired) electrons. The molecule has 0 unspecified atom stereocenters. The number of aryl methyl sites for hydroxylation is 1. The summed E-state index contributed by atoms with van der Waals surface area (Å²) in [7, 11) is 0. The van der Waals surface area contributed by atoms with Gasteiger partial charge >= 0.3 is 0 Å². The summed E-state index contributed by atoms with van der Waals surface area (Å²) in [4.78, 5) is 3.53. The molecule has 0 aliphatic heterocycles. The molecular formula is C20H22BrClN2O. The molecule has 0 bridgehead atoms. The highest BCUT2D eigenvalue weighted by atomic mass is 79.9. The van der Waals surface area contributed by atoms with E-state index >= 15 is 0 Å². The average molecular weight is 422 g/mol. The first-order valence-electron chi connectivity index (χ1n) is 8.57. The Kier molecular flexibility index (Phi) is 6.05. The van der Waals surface area contributed by atoms with E-state index in [1.165, 1.54) is 10.9 Å². The Balaban J connectivity index is 2.08. The summed E-state index contributed by atoms with van der Waals surface area (Å²) < 4.78 is 6.54. The predicted molar refractivity (Wildman–Crippen MR) is 110 cm³/mol. The summed E-state index contributed by atoms with van der Waals surface area (Å²) in [6, 6.07) is 12.2. The van der Waals surface area contributed by atoms with E-state index in [2.05, 4.69) is 39.1 Å². The van der Waals surface area contributed by atoms with Crippen LogP contribution >= 0.6 is 27.5 Å². The SMILES string of the molecule is CCOc1ccc(-c2[nH]c3c(Cl)cc(Br)cc3c2CCCCN)cc1. The van der Waals surface area contributed by atoms with Crippen LogP contribution in [0.15, 0.2) is 40.9 Å². The van der Waals surface area contributed by atoms with Gasteiger partial charge in [-0.25, -0.2) is 0 Å². The van der Waals surface area contributed by atoms with Gasteiger partial charge in [-0.15, -0.1) is 0 Å². The maximum Gasteiger partial charge on any atom is 0.119 e. The predicted octanol–water partition coefficient (Wildman–Crippen LogP) is 5.93. The van der Waals surface area contributed by atoms with Crippen LogP contribution in [0.3, 0.4) is 0 Å². The molecule has 2 aromatic carbocycles. The Hall–Kier alpha value is -1.49. The summed E-state index contributed by atoms with van der Waals surface area (Å²) in [5.74, 6) is 0.882. The van der Waals surface area contributed by atoms with Gasteiger partial charge in [0.15, 0.2) is 0 Å². The first kappa shape index (κ1) is 18.3. The van der Waals surface area contributed by atoms with Crippen LogP contribution in [0.1, 0.15) is 25.3 Å². The van der Waals surface area contributed by atoms with Gasteiger partial charge in [-0.3, -0.25) is 0 Å². The molecule has 0 spiro atoms. The van der Waals surface area contributed by atoms with Crippen LogP contribution < -0.4 is 10.5 Å². The zero-order valence-electron chi connectivity index (χ0n) is 14.2. The minimum Gasteiger partial charge on any atom is -0.494 e. The quantitative estimate of drug-likeness (QED) is 0.464. The van der Waals surface area contributed by atoms with Crippen molar-refractivity contribution in [2.45, 2.75) is 26.2 Å². The first-order valence-corrected chi connectivity index (χ1v) is 9.74. The van der Waals surface area contributed by atoms with Crippen LogP contribution in [0.2, 0.25) is 5.02 Å². The van der Waals surface area contributed by atoms with Crippen molar-refractivity contribution in [3.05, 3.63) is 51.5 Å². The molecule has 0 amide bonds. The number of rotatable bonds is 7. The molecule has 3 nitrogen and oxygen atoms in total. The molecule has 3 N–H and O–H groups in total. The molecule has 0 fully saturated rings. The fraction of sp³-hybridized carbons (Fsp3) is 0.300. The van der Waals surface area contributed by atoms with E-state index in [-0.39, 0.29) is 0 Å². The third kappa shape index (κ3) is 4.02. The van der Waals surface area contributed by atoms with Crippen LogP contribution in [-0.4, -0.2) is 18.1 Å². The maximum absolute atomic E-state index is 6.46. The lowest BCUT2D eigenvalue weighted by atomic mass is 10.0. The lowest BCUT2D eigenvalue weighted by Crippen LogP contribution is -1.99. The topological polar surface area (TPSA) is 51.0 Å². The van der Waals surface area contributed by atoms with Gasteiger partial charge in [-0.1, -0.05) is 27.5 Å². The Labute approximate surface area is 161 Å². The van der Waals surface area contributed by atoms with Gasteiger partial charge in [-0.2, -0.15) is 0 Å². The number of unbranched alkanes of at least 4 members (excludes halogenated alkanes) is 1. The summed E-state index contributed by atoms with van der Waals surface area (Å²) in [6.45, 7) is 3.37. The molecule has 25 heavy (non-hydrogen) atoms. The lowest BCUT2D eigenvalue weighted by molar-refractivity contribution is 0.340. The van der Waals surface area contributed by atoms with Crippen molar-refractivity contribution in [3.63, 3.8) is 0 Å². The van der Waals surface area contributed by atoms with Crippen molar-refractivity contribution in [1.82, 2.24) is 4.98 Å². The van der Waals surface area contributed by atoms with E-state index in [0.717, 1.165) is 51.3 Å². The van der Waals surface area contributed by atoms with E-state index in [4.69, 9.17) is 22.1 Å². The number of benzene rings is 2. The number of aromatic nitrogens is 1. The van der Waals surface area contributed by atoms with Crippen molar-refractivity contribution in [3.8, 4) is 17.0 Å². The second kappa shape index (κ2) is 8.26. The Morgan fingerprint density at radius 3 is 2.60 bits per heavy atom. The van der Waals surface area contributed by atoms with Crippen LogP contribution in [0, 0.1) is 0 Å². The second-order valence-electron chi connectivity index (χ2n) is 5.99. The maximum atomic E-state index is 6.46. The fourth-order valence-electron chi connectivity index (χ4n) is 3.11. The number of ether oxygens (including phenoxy) is 1. The molecule has 1 aromatic heterocycles. The number of H-pyrrole nitrogens is 1. The zero-order valence-corrected chi connectivity index (χ0v) is 16.6. The molecule has 0 saturated heterocycles. The van der Waals surface area contributed by atoms with Gasteiger partial charge in [0.2, 0.25) is 0 Å². The van der Waals surface area contributed by atoms with E-state index in [1.807, 2.05) is 25.1 Å². The Morgan fingerprint density at radius 2 is 1.92 bits per heavy atom. The monoisotopic (exact) mass is 420 g/mol. The lowest BCUT2D eigenvalue weighted by Gasteiger charge is -2.07. The van der Waals surface area contributed by atoms with Gasteiger partial charge in [0.1, 0.15) is 5.75 Å².